The SMILES string of the molecule is Cc1ccc(C2=CC(=O)N(S(=O)(=O)C3CC3)C(C3CCCCC3)(C(F)(F)F)C2)cc1. The number of sulfonamides is 1. The van der Waals surface area contributed by atoms with Crippen molar-refractivity contribution in [1.29, 1.82) is 0 Å². The Morgan fingerprint density at radius 3 is 2.13 bits per heavy atom. The summed E-state index contributed by atoms with van der Waals surface area (Å²) < 4.78 is 71.2. The van der Waals surface area contributed by atoms with E-state index in [1.807, 2.05) is 6.92 Å². The van der Waals surface area contributed by atoms with Crippen molar-refractivity contribution in [2.45, 2.75) is 75.3 Å². The standard InChI is InChI=1S/C22H26F3NO3S/c1-15-7-9-16(10-8-15)17-13-20(27)26(30(28,29)19-11-12-19)21(14-17,22(23,24)25)18-5-3-2-4-6-18/h7-10,13,18-19H,2-6,11-12,14H2,1H3. The van der Waals surface area contributed by atoms with Gasteiger partial charge in [-0.15, -0.1) is 0 Å². The van der Waals surface area contributed by atoms with Crippen molar-refractivity contribution in [3.63, 3.8) is 0 Å². The fourth-order valence-electron chi connectivity index (χ4n) is 4.98. The highest BCUT2D eigenvalue weighted by molar-refractivity contribution is 7.90. The van der Waals surface area contributed by atoms with Gasteiger partial charge in [-0.05, 0) is 49.7 Å². The second-order valence-electron chi connectivity index (χ2n) is 8.82. The lowest BCUT2D eigenvalue weighted by atomic mass is 9.69. The van der Waals surface area contributed by atoms with E-state index in [0.717, 1.165) is 18.1 Å². The maximum atomic E-state index is 14.9. The molecule has 1 unspecified atom stereocenters. The number of hydrogen-bond acceptors (Lipinski definition) is 3. The number of aryl methyl sites for hydroxylation is 1. The van der Waals surface area contributed by atoms with Crippen LogP contribution in [0.1, 0.15) is 62.5 Å². The van der Waals surface area contributed by atoms with Crippen LogP contribution in [0.5, 0.6) is 0 Å². The van der Waals surface area contributed by atoms with Crippen molar-refractivity contribution < 1.29 is 26.4 Å². The summed E-state index contributed by atoms with van der Waals surface area (Å²) in [4.78, 5) is 13.1. The van der Waals surface area contributed by atoms with E-state index in [0.29, 0.717) is 31.2 Å². The number of hydrogen-bond donors (Lipinski definition) is 0. The number of carbonyl (C=O) groups is 1. The Morgan fingerprint density at radius 2 is 1.60 bits per heavy atom. The molecule has 30 heavy (non-hydrogen) atoms. The molecule has 1 heterocycles. The second-order valence-corrected chi connectivity index (χ2v) is 10.9. The number of carbonyl (C=O) groups excluding carboxylic acids is 1. The van der Waals surface area contributed by atoms with Gasteiger partial charge in [-0.25, -0.2) is 12.7 Å². The Morgan fingerprint density at radius 1 is 1.00 bits per heavy atom. The van der Waals surface area contributed by atoms with Crippen molar-refractivity contribution in [2.24, 2.45) is 5.92 Å². The van der Waals surface area contributed by atoms with Gasteiger partial charge in [0.05, 0.1) is 5.25 Å². The van der Waals surface area contributed by atoms with Crippen LogP contribution in [0.2, 0.25) is 0 Å². The molecule has 2 fully saturated rings. The van der Waals surface area contributed by atoms with Gasteiger partial charge in [0, 0.05) is 12.5 Å². The van der Waals surface area contributed by atoms with Crippen molar-refractivity contribution in [3.8, 4) is 0 Å². The molecule has 0 saturated heterocycles. The van der Waals surface area contributed by atoms with Crippen LogP contribution < -0.4 is 0 Å². The zero-order valence-electron chi connectivity index (χ0n) is 16.9. The summed E-state index contributed by atoms with van der Waals surface area (Å²) in [6, 6.07) is 6.96. The van der Waals surface area contributed by atoms with Crippen LogP contribution in [-0.4, -0.2) is 35.6 Å². The van der Waals surface area contributed by atoms with Gasteiger partial charge in [0.2, 0.25) is 10.0 Å². The van der Waals surface area contributed by atoms with Gasteiger partial charge in [-0.2, -0.15) is 13.2 Å². The third-order valence-electron chi connectivity index (χ3n) is 6.71. The highest BCUT2D eigenvalue weighted by Gasteiger charge is 2.69. The van der Waals surface area contributed by atoms with Crippen molar-refractivity contribution >= 4 is 21.5 Å². The third-order valence-corrected chi connectivity index (χ3v) is 9.04. The smallest absolute Gasteiger partial charge is 0.269 e. The Labute approximate surface area is 175 Å². The number of amides is 1. The van der Waals surface area contributed by atoms with Crippen LogP contribution in [0.3, 0.4) is 0 Å². The molecule has 0 radical (unpaired) electrons. The lowest BCUT2D eigenvalue weighted by Crippen LogP contribution is -2.68. The summed E-state index contributed by atoms with van der Waals surface area (Å²) in [6.45, 7) is 1.87. The first-order valence-electron chi connectivity index (χ1n) is 10.5. The van der Waals surface area contributed by atoms with Crippen LogP contribution in [0.4, 0.5) is 13.2 Å². The molecule has 1 aromatic rings. The molecule has 0 aromatic heterocycles. The molecule has 3 aliphatic rings. The van der Waals surface area contributed by atoms with Crippen LogP contribution in [0.15, 0.2) is 30.3 Å². The minimum Gasteiger partial charge on any atom is -0.269 e. The Kier molecular flexibility index (Phi) is 5.27. The van der Waals surface area contributed by atoms with E-state index in [4.69, 9.17) is 0 Å². The van der Waals surface area contributed by atoms with E-state index in [1.54, 1.807) is 24.3 Å². The predicted molar refractivity (Wildman–Crippen MR) is 108 cm³/mol. The van der Waals surface area contributed by atoms with E-state index < -0.39 is 45.2 Å². The van der Waals surface area contributed by atoms with Crippen molar-refractivity contribution in [2.75, 3.05) is 0 Å². The van der Waals surface area contributed by atoms with Crippen molar-refractivity contribution in [1.82, 2.24) is 4.31 Å². The number of halogens is 3. The monoisotopic (exact) mass is 441 g/mol. The van der Waals surface area contributed by atoms with Crippen molar-refractivity contribution in [3.05, 3.63) is 41.5 Å². The molecule has 4 nitrogen and oxygen atoms in total. The highest BCUT2D eigenvalue weighted by atomic mass is 32.2. The van der Waals surface area contributed by atoms with Gasteiger partial charge in [0.15, 0.2) is 5.54 Å². The average molecular weight is 442 g/mol. The fourth-order valence-corrected chi connectivity index (χ4v) is 7.08. The molecule has 1 aliphatic heterocycles. The Hall–Kier alpha value is -1.83. The second kappa shape index (κ2) is 7.39. The Balaban J connectivity index is 1.90. The Bertz CT molecular complexity index is 958. The summed E-state index contributed by atoms with van der Waals surface area (Å²) in [5, 5.41) is -0.888. The molecule has 1 amide bonds. The van der Waals surface area contributed by atoms with Crippen LogP contribution >= 0.6 is 0 Å². The number of rotatable bonds is 4. The molecular weight excluding hydrogens is 415 g/mol. The van der Waals surface area contributed by atoms with Crippen LogP contribution in [0.25, 0.3) is 5.57 Å². The van der Waals surface area contributed by atoms with Crippen LogP contribution in [0, 0.1) is 12.8 Å². The first kappa shape index (κ1) is 21.4. The molecule has 2 aliphatic carbocycles. The molecular formula is C22H26F3NO3S. The maximum Gasteiger partial charge on any atom is 0.413 e. The van der Waals surface area contributed by atoms with E-state index in [9.17, 15) is 26.4 Å². The van der Waals surface area contributed by atoms with Crippen LogP contribution in [-0.2, 0) is 14.8 Å². The van der Waals surface area contributed by atoms with Gasteiger partial charge in [0.25, 0.3) is 5.91 Å². The average Bonchev–Trinajstić information content (AvgIpc) is 3.53. The number of alkyl halides is 3. The van der Waals surface area contributed by atoms with Gasteiger partial charge in [-0.1, -0.05) is 49.1 Å². The van der Waals surface area contributed by atoms with Gasteiger partial charge in [-0.3, -0.25) is 4.79 Å². The fraction of sp³-hybridized carbons (Fsp3) is 0.591. The minimum absolute atomic E-state index is 0.255. The van der Waals surface area contributed by atoms with E-state index >= 15 is 0 Å². The predicted octanol–water partition coefficient (Wildman–Crippen LogP) is 4.98. The lowest BCUT2D eigenvalue weighted by molar-refractivity contribution is -0.236. The maximum absolute atomic E-state index is 14.9. The molecule has 0 spiro atoms. The summed E-state index contributed by atoms with van der Waals surface area (Å²) >= 11 is 0. The molecule has 1 aromatic carbocycles. The molecule has 8 heteroatoms. The summed E-state index contributed by atoms with van der Waals surface area (Å²) in [5.74, 6) is -2.00. The van der Waals surface area contributed by atoms with E-state index in [-0.39, 0.29) is 22.7 Å². The molecule has 4 rings (SSSR count). The first-order valence-corrected chi connectivity index (χ1v) is 12.0. The molecule has 0 N–H and O–H groups in total. The van der Waals surface area contributed by atoms with Gasteiger partial charge < -0.3 is 0 Å². The summed E-state index contributed by atoms with van der Waals surface area (Å²) in [6.07, 6.45) is -1.10. The van der Waals surface area contributed by atoms with Gasteiger partial charge >= 0.3 is 6.18 Å². The first-order chi connectivity index (χ1) is 14.1. The van der Waals surface area contributed by atoms with E-state index in [2.05, 4.69) is 0 Å². The normalized spacial score (nSPS) is 26.6. The largest absolute Gasteiger partial charge is 0.413 e. The third kappa shape index (κ3) is 3.47. The zero-order chi connectivity index (χ0) is 21.7. The zero-order valence-corrected chi connectivity index (χ0v) is 17.7. The molecule has 164 valence electrons. The number of nitrogens with zero attached hydrogens (tertiary/aromatic N) is 1. The van der Waals surface area contributed by atoms with E-state index in [1.165, 1.54) is 0 Å². The highest BCUT2D eigenvalue weighted by Crippen LogP contribution is 2.55. The lowest BCUT2D eigenvalue weighted by Gasteiger charge is -2.51. The summed E-state index contributed by atoms with van der Waals surface area (Å²) in [5.41, 5.74) is -0.984. The number of benzene rings is 1. The molecule has 0 bridgehead atoms. The minimum atomic E-state index is -4.86. The summed E-state index contributed by atoms with van der Waals surface area (Å²) in [7, 11) is -4.37. The van der Waals surface area contributed by atoms with Gasteiger partial charge in [0.1, 0.15) is 0 Å². The molecule has 1 atom stereocenters. The molecule has 2 saturated carbocycles. The topological polar surface area (TPSA) is 54.5 Å². The quantitative estimate of drug-likeness (QED) is 0.662.